The largest absolute Gasteiger partial charge is 0.479 e. The van der Waals surface area contributed by atoms with E-state index >= 15 is 0 Å². The number of unbranched alkanes of at least 4 members (excludes halogenated alkanes) is 4. The number of carbonyl (C=O) groups is 3. The van der Waals surface area contributed by atoms with Crippen LogP contribution in [-0.4, -0.2) is 92.5 Å². The van der Waals surface area contributed by atoms with Crippen molar-refractivity contribution >= 4 is 29.4 Å². The highest BCUT2D eigenvalue weighted by Gasteiger charge is 2.54. The van der Waals surface area contributed by atoms with Gasteiger partial charge in [0, 0.05) is 18.0 Å². The van der Waals surface area contributed by atoms with Gasteiger partial charge in [0.2, 0.25) is 11.8 Å². The number of hydrogen-bond acceptors (Lipinski definition) is 8. The highest BCUT2D eigenvalue weighted by atomic mass is 35.5. The fraction of sp³-hybridized carbons (Fsp3) is 0.654. The van der Waals surface area contributed by atoms with Crippen LogP contribution < -0.4 is 10.6 Å². The van der Waals surface area contributed by atoms with Crippen molar-refractivity contribution in [2.45, 2.75) is 94.3 Å². The summed E-state index contributed by atoms with van der Waals surface area (Å²) in [5.74, 6) is -2.65. The fourth-order valence-electron chi connectivity index (χ4n) is 4.59. The third kappa shape index (κ3) is 9.18. The summed E-state index contributed by atoms with van der Waals surface area (Å²) in [4.78, 5) is 36.5. The highest BCUT2D eigenvalue weighted by molar-refractivity contribution is 6.30. The van der Waals surface area contributed by atoms with Crippen LogP contribution in [0.3, 0.4) is 0 Å². The second kappa shape index (κ2) is 15.3. The quantitative estimate of drug-likeness (QED) is 0.151. The SMILES string of the molecule is CCCCCCC[C@]1(C(=O)O)C[C@H](O)[C@@H](NC(=O)CO)[C@H]([C@H](O)[C@H](O)CNC(=O)Cc2ccc(Cl)cc2)O1. The van der Waals surface area contributed by atoms with Gasteiger partial charge >= 0.3 is 5.97 Å². The molecule has 0 saturated carbocycles. The van der Waals surface area contributed by atoms with Gasteiger partial charge in [0.25, 0.3) is 0 Å². The number of aliphatic carboxylic acids is 1. The molecule has 1 aliphatic heterocycles. The Labute approximate surface area is 227 Å². The number of carbonyl (C=O) groups excluding carboxylic acids is 2. The summed E-state index contributed by atoms with van der Waals surface area (Å²) < 4.78 is 5.88. The van der Waals surface area contributed by atoms with Crippen molar-refractivity contribution in [2.24, 2.45) is 0 Å². The minimum absolute atomic E-state index is 0.00599. The molecule has 0 spiro atoms. The summed E-state index contributed by atoms with van der Waals surface area (Å²) in [6.07, 6.45) is -2.54. The van der Waals surface area contributed by atoms with E-state index in [0.717, 1.165) is 25.7 Å². The van der Waals surface area contributed by atoms with E-state index in [1.54, 1.807) is 24.3 Å². The molecule has 12 heteroatoms. The number of amides is 2. The molecule has 2 amide bonds. The maximum Gasteiger partial charge on any atom is 0.336 e. The molecule has 0 unspecified atom stereocenters. The van der Waals surface area contributed by atoms with Crippen LogP contribution in [-0.2, 0) is 25.5 Å². The Bertz CT molecular complexity index is 916. The summed E-state index contributed by atoms with van der Waals surface area (Å²) in [5, 5.41) is 56.9. The summed E-state index contributed by atoms with van der Waals surface area (Å²) >= 11 is 5.84. The van der Waals surface area contributed by atoms with Crippen LogP contribution in [0.5, 0.6) is 0 Å². The van der Waals surface area contributed by atoms with Gasteiger partial charge in [-0.1, -0.05) is 56.3 Å². The van der Waals surface area contributed by atoms with Crippen LogP contribution in [0.15, 0.2) is 24.3 Å². The summed E-state index contributed by atoms with van der Waals surface area (Å²) in [6.45, 7) is 0.746. The molecule has 1 aliphatic rings. The molecule has 214 valence electrons. The number of benzene rings is 1. The fourth-order valence-corrected chi connectivity index (χ4v) is 4.71. The molecule has 1 heterocycles. The van der Waals surface area contributed by atoms with Crippen molar-refractivity contribution < 1.29 is 44.7 Å². The molecule has 1 aromatic rings. The number of carboxylic acids is 1. The second-order valence-electron chi connectivity index (χ2n) is 9.73. The minimum atomic E-state index is -1.85. The molecular formula is C26H39ClN2O9. The molecule has 0 aliphatic carbocycles. The van der Waals surface area contributed by atoms with E-state index in [4.69, 9.17) is 21.4 Å². The van der Waals surface area contributed by atoms with Gasteiger partial charge in [0.15, 0.2) is 5.60 Å². The molecule has 7 N–H and O–H groups in total. The number of hydrogen-bond donors (Lipinski definition) is 7. The first-order chi connectivity index (χ1) is 18.0. The van der Waals surface area contributed by atoms with Crippen LogP contribution >= 0.6 is 11.6 Å². The van der Waals surface area contributed by atoms with Gasteiger partial charge in [-0.15, -0.1) is 0 Å². The summed E-state index contributed by atoms with van der Waals surface area (Å²) in [6, 6.07) is 5.30. The Morgan fingerprint density at radius 2 is 1.76 bits per heavy atom. The molecule has 0 bridgehead atoms. The van der Waals surface area contributed by atoms with Crippen LogP contribution in [0, 0.1) is 0 Å². The van der Waals surface area contributed by atoms with Crippen molar-refractivity contribution in [3.63, 3.8) is 0 Å². The second-order valence-corrected chi connectivity index (χ2v) is 10.2. The number of aliphatic hydroxyl groups is 4. The molecule has 38 heavy (non-hydrogen) atoms. The monoisotopic (exact) mass is 558 g/mol. The lowest BCUT2D eigenvalue weighted by Gasteiger charge is -2.47. The van der Waals surface area contributed by atoms with E-state index in [1.165, 1.54) is 0 Å². The molecule has 0 radical (unpaired) electrons. The third-order valence-electron chi connectivity index (χ3n) is 6.73. The van der Waals surface area contributed by atoms with Crippen LogP contribution in [0.25, 0.3) is 0 Å². The maximum absolute atomic E-state index is 12.3. The normalized spacial score (nSPS) is 24.8. The Hall–Kier alpha value is -2.28. The molecule has 2 rings (SSSR count). The van der Waals surface area contributed by atoms with Gasteiger partial charge in [-0.25, -0.2) is 4.79 Å². The Morgan fingerprint density at radius 3 is 2.37 bits per heavy atom. The van der Waals surface area contributed by atoms with E-state index in [2.05, 4.69) is 17.6 Å². The van der Waals surface area contributed by atoms with Crippen LogP contribution in [0.1, 0.15) is 57.4 Å². The zero-order valence-corrected chi connectivity index (χ0v) is 22.3. The van der Waals surface area contributed by atoms with Crippen LogP contribution in [0.2, 0.25) is 5.02 Å². The van der Waals surface area contributed by atoms with Crippen molar-refractivity contribution in [3.05, 3.63) is 34.9 Å². The number of carboxylic acid groups (broad SMARTS) is 1. The first-order valence-corrected chi connectivity index (χ1v) is 13.3. The number of aliphatic hydroxyl groups excluding tert-OH is 4. The molecule has 1 fully saturated rings. The number of ether oxygens (including phenoxy) is 1. The van der Waals surface area contributed by atoms with E-state index < -0.39 is 67.0 Å². The van der Waals surface area contributed by atoms with Gasteiger partial charge in [-0.05, 0) is 30.5 Å². The van der Waals surface area contributed by atoms with Gasteiger partial charge in [0.1, 0.15) is 18.8 Å². The summed E-state index contributed by atoms with van der Waals surface area (Å²) in [7, 11) is 0. The van der Waals surface area contributed by atoms with Crippen molar-refractivity contribution in [2.75, 3.05) is 13.2 Å². The van der Waals surface area contributed by atoms with E-state index in [9.17, 15) is 34.8 Å². The van der Waals surface area contributed by atoms with Gasteiger partial charge < -0.3 is 40.9 Å². The van der Waals surface area contributed by atoms with E-state index in [-0.39, 0.29) is 19.3 Å². The molecule has 11 nitrogen and oxygen atoms in total. The standard InChI is InChI=1S/C26H39ClN2O9/c1-2-3-4-5-6-11-26(25(36)37)13-18(31)22(29-21(34)15-30)24(38-26)23(35)19(32)14-28-20(33)12-16-7-9-17(27)10-8-16/h7-10,18-19,22-24,30-32,35H,2-6,11-15H2,1H3,(H,28,33)(H,29,34)(H,36,37)/t18-,19+,22+,23+,24+,26+/m0/s1. The first kappa shape index (κ1) is 31.9. The first-order valence-electron chi connectivity index (χ1n) is 12.9. The Kier molecular flexibility index (Phi) is 12.9. The smallest absolute Gasteiger partial charge is 0.336 e. The van der Waals surface area contributed by atoms with Crippen molar-refractivity contribution in [1.29, 1.82) is 0 Å². The van der Waals surface area contributed by atoms with Crippen LogP contribution in [0.4, 0.5) is 0 Å². The number of halogens is 1. The minimum Gasteiger partial charge on any atom is -0.479 e. The van der Waals surface area contributed by atoms with Gasteiger partial charge in [0.05, 0.1) is 24.7 Å². The van der Waals surface area contributed by atoms with Crippen molar-refractivity contribution in [1.82, 2.24) is 10.6 Å². The lowest BCUT2D eigenvalue weighted by molar-refractivity contribution is -0.229. The third-order valence-corrected chi connectivity index (χ3v) is 6.98. The predicted octanol–water partition coefficient (Wildman–Crippen LogP) is 0.531. The molecular weight excluding hydrogens is 520 g/mol. The lowest BCUT2D eigenvalue weighted by atomic mass is 9.80. The highest BCUT2D eigenvalue weighted by Crippen LogP contribution is 2.36. The lowest BCUT2D eigenvalue weighted by Crippen LogP contribution is -2.67. The maximum atomic E-state index is 12.3. The van der Waals surface area contributed by atoms with E-state index in [0.29, 0.717) is 17.0 Å². The van der Waals surface area contributed by atoms with Gasteiger partial charge in [-0.2, -0.15) is 0 Å². The average molecular weight is 559 g/mol. The zero-order chi connectivity index (χ0) is 28.3. The number of nitrogens with one attached hydrogen (secondary N) is 2. The summed E-state index contributed by atoms with van der Waals surface area (Å²) in [5.41, 5.74) is -1.17. The molecule has 1 saturated heterocycles. The topological polar surface area (TPSA) is 186 Å². The zero-order valence-electron chi connectivity index (χ0n) is 21.5. The molecule has 0 aromatic heterocycles. The predicted molar refractivity (Wildman–Crippen MR) is 138 cm³/mol. The molecule has 6 atom stereocenters. The molecule has 1 aromatic carbocycles. The van der Waals surface area contributed by atoms with Crippen molar-refractivity contribution in [3.8, 4) is 0 Å². The van der Waals surface area contributed by atoms with E-state index in [1.807, 2.05) is 0 Å². The Morgan fingerprint density at radius 1 is 1.11 bits per heavy atom. The van der Waals surface area contributed by atoms with Gasteiger partial charge in [-0.3, -0.25) is 9.59 Å². The Balaban J connectivity index is 2.13. The average Bonchev–Trinajstić information content (AvgIpc) is 2.89. The number of rotatable bonds is 15.